The van der Waals surface area contributed by atoms with Crippen LogP contribution >= 0.6 is 11.8 Å². The van der Waals surface area contributed by atoms with Crippen LogP contribution in [0, 0.1) is 17.8 Å². The molecule has 0 aromatic rings. The van der Waals surface area contributed by atoms with E-state index in [2.05, 4.69) is 6.92 Å². The molecule has 4 aliphatic rings. The highest BCUT2D eigenvalue weighted by atomic mass is 32.2. The molecule has 2 amide bonds. The first-order valence-electron chi connectivity index (χ1n) is 12.2. The van der Waals surface area contributed by atoms with E-state index in [1.165, 1.54) is 0 Å². The fourth-order valence-corrected chi connectivity index (χ4v) is 8.20. The molecule has 2 saturated heterocycles. The van der Waals surface area contributed by atoms with Gasteiger partial charge in [-0.1, -0.05) is 51.8 Å². The van der Waals surface area contributed by atoms with Crippen molar-refractivity contribution in [1.82, 2.24) is 9.80 Å². The Morgan fingerprint density at radius 1 is 1.18 bits per heavy atom. The van der Waals surface area contributed by atoms with Gasteiger partial charge < -0.3 is 19.6 Å². The summed E-state index contributed by atoms with van der Waals surface area (Å²) in [6.07, 6.45) is 10.4. The van der Waals surface area contributed by atoms with Gasteiger partial charge in [-0.05, 0) is 25.3 Å². The SMILES string of the molecule is CCCCN1CC=C[C@]23S[C@@]4(C)C=CCOC(=O)[C@H]4[C@H]2C(=O)N([C@@H](CO)[C@@H](C)CC)C3C1=O. The van der Waals surface area contributed by atoms with Gasteiger partial charge in [-0.3, -0.25) is 14.4 Å². The van der Waals surface area contributed by atoms with Gasteiger partial charge >= 0.3 is 5.97 Å². The van der Waals surface area contributed by atoms with Gasteiger partial charge in [0.15, 0.2) is 0 Å². The summed E-state index contributed by atoms with van der Waals surface area (Å²) in [7, 11) is 0. The minimum absolute atomic E-state index is 0.0105. The second-order valence-electron chi connectivity index (χ2n) is 9.95. The van der Waals surface area contributed by atoms with Crippen molar-refractivity contribution < 1.29 is 24.2 Å². The van der Waals surface area contributed by atoms with Gasteiger partial charge in [0.25, 0.3) is 0 Å². The lowest BCUT2D eigenvalue weighted by Gasteiger charge is -2.41. The number of hydrogen-bond donors (Lipinski definition) is 1. The molecular weight excluding hydrogens is 440 g/mol. The minimum atomic E-state index is -0.879. The summed E-state index contributed by atoms with van der Waals surface area (Å²) in [4.78, 5) is 44.9. The number of rotatable bonds is 7. The molecule has 1 N–H and O–H groups in total. The number of amides is 2. The Morgan fingerprint density at radius 3 is 2.61 bits per heavy atom. The second kappa shape index (κ2) is 9.10. The number of unbranched alkanes of at least 4 members (excludes halogenated alkanes) is 1. The average Bonchev–Trinajstić information content (AvgIpc) is 3.05. The van der Waals surface area contributed by atoms with Crippen LogP contribution in [0.2, 0.25) is 0 Å². The molecule has 7 atom stereocenters. The fraction of sp³-hybridized carbons (Fsp3) is 0.720. The van der Waals surface area contributed by atoms with Crippen molar-refractivity contribution in [1.29, 1.82) is 0 Å². The molecule has 8 heteroatoms. The van der Waals surface area contributed by atoms with Gasteiger partial charge in [0.1, 0.15) is 12.6 Å². The molecule has 7 nitrogen and oxygen atoms in total. The zero-order chi connectivity index (χ0) is 24.0. The van der Waals surface area contributed by atoms with Crippen LogP contribution in [-0.2, 0) is 19.1 Å². The minimum Gasteiger partial charge on any atom is -0.461 e. The van der Waals surface area contributed by atoms with E-state index in [0.29, 0.717) is 13.1 Å². The topological polar surface area (TPSA) is 87.2 Å². The maximum atomic E-state index is 14.2. The molecular formula is C25H36N2O5S. The number of aliphatic hydroxyl groups is 1. The largest absolute Gasteiger partial charge is 0.461 e. The van der Waals surface area contributed by atoms with Crippen molar-refractivity contribution in [2.45, 2.75) is 68.5 Å². The van der Waals surface area contributed by atoms with Crippen LogP contribution in [0.3, 0.4) is 0 Å². The Labute approximate surface area is 200 Å². The van der Waals surface area contributed by atoms with Gasteiger partial charge in [0, 0.05) is 17.8 Å². The first-order chi connectivity index (χ1) is 15.8. The van der Waals surface area contributed by atoms with Crippen molar-refractivity contribution in [3.8, 4) is 0 Å². The molecule has 4 aliphatic heterocycles. The lowest BCUT2D eigenvalue weighted by atomic mass is 9.75. The standard InChI is InChI=1S/C25H36N2O5S/c1-5-7-12-26-13-8-11-25-18(19-23(31)32-14-9-10-24(19,4)33-25)21(29)27(20(25)22(26)30)17(15-28)16(3)6-2/h8-11,16-20,28H,5-7,12-15H2,1-4H3/t16-,17-,18-,19+,20?,24-,25-/m0/s1. The number of carbonyl (C=O) groups excluding carboxylic acids is 3. The number of ether oxygens (including phenoxy) is 1. The summed E-state index contributed by atoms with van der Waals surface area (Å²) in [5, 5.41) is 10.4. The highest BCUT2D eigenvalue weighted by molar-refractivity contribution is 8.02. The second-order valence-corrected chi connectivity index (χ2v) is 11.7. The Hall–Kier alpha value is -1.80. The predicted octanol–water partition coefficient (Wildman–Crippen LogP) is 2.39. The van der Waals surface area contributed by atoms with Gasteiger partial charge in [-0.2, -0.15) is 0 Å². The van der Waals surface area contributed by atoms with E-state index < -0.39 is 33.4 Å². The van der Waals surface area contributed by atoms with Crippen molar-refractivity contribution in [2.75, 3.05) is 26.3 Å². The number of cyclic esters (lactones) is 1. The average molecular weight is 477 g/mol. The van der Waals surface area contributed by atoms with E-state index in [1.807, 2.05) is 50.0 Å². The molecule has 0 radical (unpaired) electrons. The lowest BCUT2D eigenvalue weighted by molar-refractivity contribution is -0.153. The number of carbonyl (C=O) groups is 3. The summed E-state index contributed by atoms with van der Waals surface area (Å²) in [6.45, 7) is 9.17. The number of esters is 1. The quantitative estimate of drug-likeness (QED) is 0.449. The van der Waals surface area contributed by atoms with Crippen molar-refractivity contribution in [3.63, 3.8) is 0 Å². The summed E-state index contributed by atoms with van der Waals surface area (Å²) in [6, 6.07) is -1.24. The third-order valence-electron chi connectivity index (χ3n) is 7.96. The fourth-order valence-electron chi connectivity index (χ4n) is 6.06. The monoisotopic (exact) mass is 476 g/mol. The van der Waals surface area contributed by atoms with E-state index in [0.717, 1.165) is 19.3 Å². The number of hydrogen-bond acceptors (Lipinski definition) is 6. The lowest BCUT2D eigenvalue weighted by Crippen LogP contribution is -2.58. The van der Waals surface area contributed by atoms with Gasteiger partial charge in [-0.25, -0.2) is 0 Å². The predicted molar refractivity (Wildman–Crippen MR) is 127 cm³/mol. The Balaban J connectivity index is 1.87. The number of aliphatic hydroxyl groups excluding tert-OH is 1. The van der Waals surface area contributed by atoms with Crippen LogP contribution < -0.4 is 0 Å². The zero-order valence-electron chi connectivity index (χ0n) is 20.0. The van der Waals surface area contributed by atoms with Crippen molar-refractivity contribution >= 4 is 29.5 Å². The molecule has 1 spiro atoms. The Kier molecular flexibility index (Phi) is 6.71. The molecule has 0 saturated carbocycles. The highest BCUT2D eigenvalue weighted by Crippen LogP contribution is 2.65. The maximum Gasteiger partial charge on any atom is 0.311 e. The van der Waals surface area contributed by atoms with Crippen LogP contribution in [0.5, 0.6) is 0 Å². The van der Waals surface area contributed by atoms with E-state index in [1.54, 1.807) is 16.7 Å². The van der Waals surface area contributed by atoms with Crippen LogP contribution in [0.4, 0.5) is 0 Å². The number of nitrogens with zero attached hydrogens (tertiary/aromatic N) is 2. The molecule has 0 aromatic heterocycles. The number of fused-ring (bicyclic) bond motifs is 2. The number of thioether (sulfide) groups is 1. The first kappa shape index (κ1) is 24.3. The molecule has 0 aliphatic carbocycles. The molecule has 0 aromatic carbocycles. The Bertz CT molecular complexity index is 875. The van der Waals surface area contributed by atoms with Gasteiger partial charge in [0.05, 0.1) is 29.2 Å². The maximum absolute atomic E-state index is 14.2. The van der Waals surface area contributed by atoms with Crippen molar-refractivity contribution in [3.05, 3.63) is 24.3 Å². The highest BCUT2D eigenvalue weighted by Gasteiger charge is 2.74. The number of likely N-dealkylation sites (tertiary alicyclic amines) is 1. The summed E-state index contributed by atoms with van der Waals surface area (Å²) in [5.41, 5.74) is 0. The van der Waals surface area contributed by atoms with E-state index in [9.17, 15) is 19.5 Å². The normalized spacial score (nSPS) is 37.2. The van der Waals surface area contributed by atoms with Crippen LogP contribution in [0.25, 0.3) is 0 Å². The van der Waals surface area contributed by atoms with Crippen molar-refractivity contribution in [2.24, 2.45) is 17.8 Å². The van der Waals surface area contributed by atoms with Gasteiger partial charge in [-0.15, -0.1) is 11.8 Å². The van der Waals surface area contributed by atoms with Crippen LogP contribution in [0.1, 0.15) is 47.0 Å². The van der Waals surface area contributed by atoms with Crippen LogP contribution in [0.15, 0.2) is 24.3 Å². The summed E-state index contributed by atoms with van der Waals surface area (Å²) >= 11 is 1.55. The molecule has 2 fully saturated rings. The molecule has 1 unspecified atom stereocenters. The third kappa shape index (κ3) is 3.64. The van der Waals surface area contributed by atoms with E-state index >= 15 is 0 Å². The summed E-state index contributed by atoms with van der Waals surface area (Å²) < 4.78 is 3.93. The first-order valence-corrected chi connectivity index (χ1v) is 13.0. The smallest absolute Gasteiger partial charge is 0.311 e. The molecule has 0 bridgehead atoms. The van der Waals surface area contributed by atoms with Crippen LogP contribution in [-0.4, -0.2) is 80.6 Å². The summed E-state index contributed by atoms with van der Waals surface area (Å²) in [5.74, 6) is -2.08. The molecule has 182 valence electrons. The zero-order valence-corrected chi connectivity index (χ0v) is 20.8. The Morgan fingerprint density at radius 2 is 1.94 bits per heavy atom. The molecule has 4 rings (SSSR count). The van der Waals surface area contributed by atoms with E-state index in [-0.39, 0.29) is 36.9 Å². The van der Waals surface area contributed by atoms with Gasteiger partial charge in [0.2, 0.25) is 11.8 Å². The third-order valence-corrected chi connectivity index (χ3v) is 9.76. The molecule has 4 heterocycles. The van der Waals surface area contributed by atoms with E-state index in [4.69, 9.17) is 4.74 Å². The molecule has 33 heavy (non-hydrogen) atoms.